The highest BCUT2D eigenvalue weighted by Crippen LogP contribution is 2.34. The first-order valence-electron chi connectivity index (χ1n) is 12.7. The van der Waals surface area contributed by atoms with Crippen LogP contribution in [0.15, 0.2) is 57.9 Å². The van der Waals surface area contributed by atoms with Crippen molar-refractivity contribution in [3.8, 4) is 5.75 Å². The Morgan fingerprint density at radius 1 is 1.05 bits per heavy atom. The van der Waals surface area contributed by atoms with Gasteiger partial charge in [0.25, 0.3) is 0 Å². The van der Waals surface area contributed by atoms with Crippen molar-refractivity contribution in [3.63, 3.8) is 0 Å². The number of anilines is 1. The van der Waals surface area contributed by atoms with Crippen molar-refractivity contribution in [3.05, 3.63) is 75.4 Å². The van der Waals surface area contributed by atoms with Gasteiger partial charge in [0, 0.05) is 36.9 Å². The highest BCUT2D eigenvalue weighted by atomic mass is 35.5. The van der Waals surface area contributed by atoms with E-state index < -0.39 is 6.04 Å². The molecule has 1 atom stereocenters. The van der Waals surface area contributed by atoms with Crippen LogP contribution in [0.2, 0.25) is 5.02 Å². The number of ether oxygens (including phenoxy) is 1. The third-order valence-corrected chi connectivity index (χ3v) is 7.84. The number of tetrazole rings is 1. The Morgan fingerprint density at radius 2 is 1.81 bits per heavy atom. The molecule has 0 radical (unpaired) electrons. The van der Waals surface area contributed by atoms with E-state index in [1.807, 2.05) is 16.8 Å². The average Bonchev–Trinajstić information content (AvgIpc) is 3.63. The molecule has 4 aromatic rings. The van der Waals surface area contributed by atoms with Gasteiger partial charge in [-0.2, -0.15) is 0 Å². The van der Waals surface area contributed by atoms with Crippen molar-refractivity contribution in [1.29, 1.82) is 0 Å². The molecule has 0 spiro atoms. The highest BCUT2D eigenvalue weighted by molar-refractivity contribution is 6.31. The van der Waals surface area contributed by atoms with Crippen LogP contribution in [0.5, 0.6) is 5.75 Å². The van der Waals surface area contributed by atoms with Crippen molar-refractivity contribution >= 4 is 28.3 Å². The summed E-state index contributed by atoms with van der Waals surface area (Å²) in [5.41, 5.74) is 2.08. The second-order valence-corrected chi connectivity index (χ2v) is 10.1. The summed E-state index contributed by atoms with van der Waals surface area (Å²) in [7, 11) is 1.67. The van der Waals surface area contributed by atoms with E-state index in [2.05, 4.69) is 37.5 Å². The SMILES string of the molecule is COc1ccc(N2CCN([C@H](c3coc4ccc(Cl)cc4c3=O)c3nnnn3C3CCCC3)CC2)cc1. The molecule has 192 valence electrons. The van der Waals surface area contributed by atoms with Crippen molar-refractivity contribution in [2.75, 3.05) is 38.2 Å². The van der Waals surface area contributed by atoms with Crippen LogP contribution in [-0.2, 0) is 0 Å². The molecule has 3 heterocycles. The molecule has 2 aromatic heterocycles. The minimum atomic E-state index is -0.423. The van der Waals surface area contributed by atoms with Crippen molar-refractivity contribution in [1.82, 2.24) is 25.1 Å². The Balaban J connectivity index is 1.36. The molecule has 1 saturated carbocycles. The normalized spacial score (nSPS) is 17.9. The summed E-state index contributed by atoms with van der Waals surface area (Å²) in [4.78, 5) is 18.4. The van der Waals surface area contributed by atoms with Gasteiger partial charge >= 0.3 is 0 Å². The quantitative estimate of drug-likeness (QED) is 0.368. The number of piperazine rings is 1. The van der Waals surface area contributed by atoms with Gasteiger partial charge in [0.2, 0.25) is 0 Å². The van der Waals surface area contributed by atoms with Crippen LogP contribution in [-0.4, -0.2) is 58.4 Å². The van der Waals surface area contributed by atoms with Gasteiger partial charge in [-0.05, 0) is 65.7 Å². The second kappa shape index (κ2) is 10.1. The van der Waals surface area contributed by atoms with Gasteiger partial charge in [-0.25, -0.2) is 4.68 Å². The standard InChI is InChI=1S/C27H29ClN6O3/c1-36-21-9-7-19(8-10-21)32-12-14-33(15-13-32)25(27-29-30-31-34(27)20-4-2-3-5-20)23-17-37-24-11-6-18(28)16-22(24)26(23)35/h6-11,16-17,20,25H,2-5,12-15H2,1H3/t25-/m1/s1. The molecule has 0 amide bonds. The number of fused-ring (bicyclic) bond motifs is 1. The number of hydrogen-bond acceptors (Lipinski definition) is 8. The van der Waals surface area contributed by atoms with Crippen molar-refractivity contribution in [2.24, 2.45) is 0 Å². The summed E-state index contributed by atoms with van der Waals surface area (Å²) in [6.45, 7) is 3.08. The summed E-state index contributed by atoms with van der Waals surface area (Å²) in [6, 6.07) is 13.1. The van der Waals surface area contributed by atoms with E-state index in [4.69, 9.17) is 20.8 Å². The molecule has 0 bridgehead atoms. The summed E-state index contributed by atoms with van der Waals surface area (Å²) < 4.78 is 13.2. The minimum Gasteiger partial charge on any atom is -0.497 e. The Bertz CT molecular complexity index is 1440. The first kappa shape index (κ1) is 23.9. The van der Waals surface area contributed by atoms with Gasteiger partial charge in [0.1, 0.15) is 23.6 Å². The molecule has 37 heavy (non-hydrogen) atoms. The number of hydrogen-bond donors (Lipinski definition) is 0. The van der Waals surface area contributed by atoms with Crippen LogP contribution in [0.3, 0.4) is 0 Å². The lowest BCUT2D eigenvalue weighted by molar-refractivity contribution is 0.195. The fourth-order valence-electron chi connectivity index (χ4n) is 5.63. The molecule has 6 rings (SSSR count). The Morgan fingerprint density at radius 3 is 2.54 bits per heavy atom. The van der Waals surface area contributed by atoms with Crippen molar-refractivity contribution < 1.29 is 9.15 Å². The van der Waals surface area contributed by atoms with Crippen LogP contribution in [0.4, 0.5) is 5.69 Å². The third-order valence-electron chi connectivity index (χ3n) is 7.61. The number of methoxy groups -OCH3 is 1. The number of nitrogens with zero attached hydrogens (tertiary/aromatic N) is 6. The average molecular weight is 521 g/mol. The zero-order valence-electron chi connectivity index (χ0n) is 20.7. The second-order valence-electron chi connectivity index (χ2n) is 9.70. The van der Waals surface area contributed by atoms with Crippen LogP contribution in [0, 0.1) is 0 Å². The van der Waals surface area contributed by atoms with Gasteiger partial charge < -0.3 is 14.1 Å². The number of aromatic nitrogens is 4. The largest absolute Gasteiger partial charge is 0.497 e. The number of halogens is 1. The monoisotopic (exact) mass is 520 g/mol. The zero-order valence-corrected chi connectivity index (χ0v) is 21.5. The molecule has 1 aliphatic carbocycles. The molecular formula is C27H29ClN6O3. The summed E-state index contributed by atoms with van der Waals surface area (Å²) in [5, 5.41) is 13.9. The zero-order chi connectivity index (χ0) is 25.4. The van der Waals surface area contributed by atoms with E-state index in [1.54, 1.807) is 31.6 Å². The topological polar surface area (TPSA) is 89.5 Å². The Hall–Kier alpha value is -3.43. The van der Waals surface area contributed by atoms with Gasteiger partial charge in [0.15, 0.2) is 11.3 Å². The first-order chi connectivity index (χ1) is 18.1. The van der Waals surface area contributed by atoms with Gasteiger partial charge in [-0.3, -0.25) is 9.69 Å². The van der Waals surface area contributed by atoms with Crippen molar-refractivity contribution in [2.45, 2.75) is 37.8 Å². The Kier molecular flexibility index (Phi) is 6.56. The van der Waals surface area contributed by atoms with E-state index in [0.717, 1.165) is 63.3 Å². The molecule has 2 aliphatic rings. The molecule has 0 N–H and O–H groups in total. The lowest BCUT2D eigenvalue weighted by atomic mass is 10.0. The van der Waals surface area contributed by atoms with Crippen LogP contribution < -0.4 is 15.1 Å². The molecule has 2 aromatic carbocycles. The van der Waals surface area contributed by atoms with E-state index >= 15 is 0 Å². The smallest absolute Gasteiger partial charge is 0.197 e. The summed E-state index contributed by atoms with van der Waals surface area (Å²) in [6.07, 6.45) is 5.97. The van der Waals surface area contributed by atoms with Gasteiger partial charge in [-0.15, -0.1) is 5.10 Å². The molecule has 2 fully saturated rings. The maximum atomic E-state index is 13.8. The lowest BCUT2D eigenvalue weighted by Crippen LogP contribution is -2.49. The van der Waals surface area contributed by atoms with Crippen LogP contribution in [0.1, 0.15) is 49.2 Å². The summed E-state index contributed by atoms with van der Waals surface area (Å²) >= 11 is 6.23. The molecule has 1 aliphatic heterocycles. The molecular weight excluding hydrogens is 492 g/mol. The maximum Gasteiger partial charge on any atom is 0.197 e. The maximum absolute atomic E-state index is 13.8. The minimum absolute atomic E-state index is 0.104. The van der Waals surface area contributed by atoms with E-state index in [-0.39, 0.29) is 11.5 Å². The molecule has 10 heteroatoms. The van der Waals surface area contributed by atoms with Gasteiger partial charge in [0.05, 0.1) is 24.1 Å². The van der Waals surface area contributed by atoms with Crippen LogP contribution >= 0.6 is 11.6 Å². The predicted molar refractivity (Wildman–Crippen MR) is 141 cm³/mol. The molecule has 9 nitrogen and oxygen atoms in total. The Labute approximate surface area is 219 Å². The van der Waals surface area contributed by atoms with Crippen LogP contribution in [0.25, 0.3) is 11.0 Å². The molecule has 0 unspecified atom stereocenters. The van der Waals surface area contributed by atoms with Gasteiger partial charge in [-0.1, -0.05) is 24.4 Å². The number of rotatable bonds is 6. The highest BCUT2D eigenvalue weighted by Gasteiger charge is 2.35. The van der Waals surface area contributed by atoms with E-state index in [0.29, 0.717) is 27.4 Å². The fourth-order valence-corrected chi connectivity index (χ4v) is 5.80. The lowest BCUT2D eigenvalue weighted by Gasteiger charge is -2.39. The predicted octanol–water partition coefficient (Wildman–Crippen LogP) is 4.47. The van der Waals surface area contributed by atoms with E-state index in [1.165, 1.54) is 0 Å². The van der Waals surface area contributed by atoms with E-state index in [9.17, 15) is 4.79 Å². The first-order valence-corrected chi connectivity index (χ1v) is 13.1. The molecule has 1 saturated heterocycles. The fraction of sp³-hybridized carbons (Fsp3) is 0.407. The number of benzene rings is 2. The summed E-state index contributed by atoms with van der Waals surface area (Å²) in [5.74, 6) is 1.53. The third kappa shape index (κ3) is 4.57.